The van der Waals surface area contributed by atoms with Gasteiger partial charge in [-0.05, 0) is 30.5 Å². The van der Waals surface area contributed by atoms with E-state index in [2.05, 4.69) is 9.97 Å². The van der Waals surface area contributed by atoms with Crippen molar-refractivity contribution >= 4 is 44.7 Å². The van der Waals surface area contributed by atoms with Crippen LogP contribution in [0.1, 0.15) is 18.0 Å². The molecule has 0 aliphatic rings. The lowest BCUT2D eigenvalue weighted by molar-refractivity contribution is 0.565. The van der Waals surface area contributed by atoms with Crippen molar-refractivity contribution in [3.8, 4) is 10.4 Å². The Morgan fingerprint density at radius 1 is 1.23 bits per heavy atom. The van der Waals surface area contributed by atoms with Gasteiger partial charge in [0.1, 0.15) is 22.3 Å². The van der Waals surface area contributed by atoms with Crippen LogP contribution in [0.2, 0.25) is 0 Å². The minimum absolute atomic E-state index is 0.207. The summed E-state index contributed by atoms with van der Waals surface area (Å²) in [5.41, 5.74) is 0.673. The summed E-state index contributed by atoms with van der Waals surface area (Å²) in [5.74, 6) is -0.774. The SMILES string of the molecule is C[C@@H](Sc1ccc(F)cc1F)c1nc2scc(-c3cccs3)c2c(=O)[nH]1. The molecule has 0 aliphatic carbocycles. The summed E-state index contributed by atoms with van der Waals surface area (Å²) in [6, 6.07) is 7.36. The number of fused-ring (bicyclic) bond motifs is 1. The lowest BCUT2D eigenvalue weighted by Gasteiger charge is -2.11. The summed E-state index contributed by atoms with van der Waals surface area (Å²) >= 11 is 4.17. The lowest BCUT2D eigenvalue weighted by atomic mass is 10.2. The first kappa shape index (κ1) is 17.4. The Labute approximate surface area is 159 Å². The third-order valence-electron chi connectivity index (χ3n) is 3.83. The fraction of sp³-hybridized carbons (Fsp3) is 0.111. The molecule has 132 valence electrons. The first-order valence-electron chi connectivity index (χ1n) is 7.70. The van der Waals surface area contributed by atoms with E-state index in [0.29, 0.717) is 20.9 Å². The van der Waals surface area contributed by atoms with Gasteiger partial charge in [0, 0.05) is 26.8 Å². The summed E-state index contributed by atoms with van der Waals surface area (Å²) in [6.45, 7) is 1.82. The Kier molecular flexibility index (Phi) is 4.64. The molecule has 4 aromatic rings. The normalized spacial score (nSPS) is 12.6. The summed E-state index contributed by atoms with van der Waals surface area (Å²) in [5, 5.41) is 4.18. The van der Waals surface area contributed by atoms with Crippen LogP contribution in [0.3, 0.4) is 0 Å². The maximum Gasteiger partial charge on any atom is 0.260 e. The molecule has 0 saturated heterocycles. The van der Waals surface area contributed by atoms with Gasteiger partial charge >= 0.3 is 0 Å². The van der Waals surface area contributed by atoms with Crippen molar-refractivity contribution < 1.29 is 8.78 Å². The Hall–Kier alpha value is -2.03. The number of thioether (sulfide) groups is 1. The molecular formula is C18H12F2N2OS3. The second kappa shape index (κ2) is 6.94. The van der Waals surface area contributed by atoms with Gasteiger partial charge in [-0.1, -0.05) is 6.07 Å². The highest BCUT2D eigenvalue weighted by Gasteiger charge is 2.18. The molecule has 1 N–H and O–H groups in total. The van der Waals surface area contributed by atoms with Gasteiger partial charge in [-0.3, -0.25) is 4.79 Å². The number of benzene rings is 1. The molecule has 0 saturated carbocycles. The number of halogens is 2. The van der Waals surface area contributed by atoms with Gasteiger partial charge < -0.3 is 4.98 Å². The average molecular weight is 407 g/mol. The quantitative estimate of drug-likeness (QED) is 0.433. The number of hydrogen-bond acceptors (Lipinski definition) is 5. The molecule has 3 nitrogen and oxygen atoms in total. The maximum absolute atomic E-state index is 13.9. The Morgan fingerprint density at radius 2 is 2.08 bits per heavy atom. The predicted molar refractivity (Wildman–Crippen MR) is 104 cm³/mol. The third-order valence-corrected chi connectivity index (χ3v) is 6.77. The summed E-state index contributed by atoms with van der Waals surface area (Å²) in [4.78, 5) is 22.0. The van der Waals surface area contributed by atoms with Crippen molar-refractivity contribution in [2.24, 2.45) is 0 Å². The number of H-pyrrole nitrogens is 1. The number of hydrogen-bond donors (Lipinski definition) is 1. The largest absolute Gasteiger partial charge is 0.309 e. The highest BCUT2D eigenvalue weighted by atomic mass is 32.2. The molecule has 0 radical (unpaired) electrons. The van der Waals surface area contributed by atoms with Gasteiger partial charge in [0.15, 0.2) is 0 Å². The van der Waals surface area contributed by atoms with E-state index >= 15 is 0 Å². The van der Waals surface area contributed by atoms with Gasteiger partial charge in [0.25, 0.3) is 5.56 Å². The van der Waals surface area contributed by atoms with E-state index in [1.54, 1.807) is 11.3 Å². The molecule has 8 heteroatoms. The molecule has 0 aliphatic heterocycles. The van der Waals surface area contributed by atoms with Crippen LogP contribution >= 0.6 is 34.4 Å². The van der Waals surface area contributed by atoms with E-state index in [1.807, 2.05) is 29.8 Å². The van der Waals surface area contributed by atoms with Gasteiger partial charge in [0.2, 0.25) is 0 Å². The Bertz CT molecular complexity index is 1140. The molecule has 4 rings (SSSR count). The molecule has 0 spiro atoms. The number of nitrogens with one attached hydrogen (secondary N) is 1. The van der Waals surface area contributed by atoms with Crippen molar-refractivity contribution in [3.63, 3.8) is 0 Å². The zero-order chi connectivity index (χ0) is 18.3. The number of aromatic amines is 1. The van der Waals surface area contributed by atoms with Crippen molar-refractivity contribution in [1.82, 2.24) is 9.97 Å². The number of thiophene rings is 2. The first-order chi connectivity index (χ1) is 12.5. The fourth-order valence-electron chi connectivity index (χ4n) is 2.59. The van der Waals surface area contributed by atoms with Crippen LogP contribution in [-0.2, 0) is 0 Å². The maximum atomic E-state index is 13.9. The molecule has 1 aromatic carbocycles. The number of nitrogens with zero attached hydrogens (tertiary/aromatic N) is 1. The van der Waals surface area contributed by atoms with Gasteiger partial charge in [-0.2, -0.15) is 0 Å². The van der Waals surface area contributed by atoms with Crippen molar-refractivity contribution in [1.29, 1.82) is 0 Å². The zero-order valence-electron chi connectivity index (χ0n) is 13.5. The Balaban J connectivity index is 1.70. The number of rotatable bonds is 4. The van der Waals surface area contributed by atoms with Crippen molar-refractivity contribution in [2.45, 2.75) is 17.1 Å². The Morgan fingerprint density at radius 3 is 2.81 bits per heavy atom. The predicted octanol–water partition coefficient (Wildman–Crippen LogP) is 5.84. The van der Waals surface area contributed by atoms with E-state index in [4.69, 9.17) is 0 Å². The highest BCUT2D eigenvalue weighted by molar-refractivity contribution is 7.99. The highest BCUT2D eigenvalue weighted by Crippen LogP contribution is 2.37. The summed E-state index contributed by atoms with van der Waals surface area (Å²) < 4.78 is 26.9. The number of aromatic nitrogens is 2. The van der Waals surface area contributed by atoms with Crippen molar-refractivity contribution in [2.75, 3.05) is 0 Å². The zero-order valence-corrected chi connectivity index (χ0v) is 15.9. The standard InChI is InChI=1S/C18H12F2N2OS3/c1-9(26-14-5-4-10(19)7-12(14)20)16-21-17(23)15-11(8-25-18(15)22-16)13-3-2-6-24-13/h2-9H,1H3,(H,21,22,23)/t9-/m1/s1. The van der Waals surface area contributed by atoms with Crippen LogP contribution in [0.5, 0.6) is 0 Å². The average Bonchev–Trinajstić information content (AvgIpc) is 3.26. The van der Waals surface area contributed by atoms with E-state index in [9.17, 15) is 13.6 Å². The molecular weight excluding hydrogens is 394 g/mol. The lowest BCUT2D eigenvalue weighted by Crippen LogP contribution is -2.12. The topological polar surface area (TPSA) is 45.8 Å². The molecule has 0 amide bonds. The second-order valence-corrected chi connectivity index (χ2v) is 8.78. The van der Waals surface area contributed by atoms with E-state index in [-0.39, 0.29) is 10.8 Å². The molecule has 3 heterocycles. The molecule has 0 fully saturated rings. The van der Waals surface area contributed by atoms with Crippen LogP contribution in [0, 0.1) is 11.6 Å². The first-order valence-corrected chi connectivity index (χ1v) is 10.3. The van der Waals surface area contributed by atoms with E-state index in [0.717, 1.165) is 16.5 Å². The molecule has 0 bridgehead atoms. The van der Waals surface area contributed by atoms with Gasteiger partial charge in [0.05, 0.1) is 10.6 Å². The van der Waals surface area contributed by atoms with Crippen molar-refractivity contribution in [3.05, 3.63) is 68.9 Å². The van der Waals surface area contributed by atoms with Gasteiger partial charge in [-0.15, -0.1) is 34.4 Å². The second-order valence-electron chi connectivity index (χ2n) is 5.59. The van der Waals surface area contributed by atoms with Crippen LogP contribution in [0.25, 0.3) is 20.7 Å². The smallest absolute Gasteiger partial charge is 0.260 e. The monoisotopic (exact) mass is 406 g/mol. The minimum atomic E-state index is -0.624. The minimum Gasteiger partial charge on any atom is -0.309 e. The van der Waals surface area contributed by atoms with Gasteiger partial charge in [-0.25, -0.2) is 13.8 Å². The summed E-state index contributed by atoms with van der Waals surface area (Å²) in [6.07, 6.45) is 0. The molecule has 26 heavy (non-hydrogen) atoms. The van der Waals surface area contributed by atoms with Crippen LogP contribution in [-0.4, -0.2) is 9.97 Å². The molecule has 3 aromatic heterocycles. The molecule has 1 atom stereocenters. The van der Waals surface area contributed by atoms with Crippen LogP contribution < -0.4 is 5.56 Å². The van der Waals surface area contributed by atoms with E-state index < -0.39 is 11.6 Å². The molecule has 0 unspecified atom stereocenters. The van der Waals surface area contributed by atoms with Crippen LogP contribution in [0.4, 0.5) is 8.78 Å². The van der Waals surface area contributed by atoms with Crippen LogP contribution in [0.15, 0.2) is 50.8 Å². The van der Waals surface area contributed by atoms with E-state index in [1.165, 1.54) is 35.2 Å². The summed E-state index contributed by atoms with van der Waals surface area (Å²) in [7, 11) is 0. The fourth-order valence-corrected chi connectivity index (χ4v) is 5.28. The third kappa shape index (κ3) is 3.20.